The second-order valence-electron chi connectivity index (χ2n) is 5.58. The van der Waals surface area contributed by atoms with Crippen LogP contribution in [-0.2, 0) is 6.54 Å². The highest BCUT2D eigenvalue weighted by Gasteiger charge is 2.29. The molecule has 0 spiro atoms. The van der Waals surface area contributed by atoms with Crippen molar-refractivity contribution in [2.24, 2.45) is 0 Å². The molecular formula is C14H24N4S. The van der Waals surface area contributed by atoms with Crippen LogP contribution in [0.15, 0.2) is 6.20 Å². The van der Waals surface area contributed by atoms with Gasteiger partial charge in [-0.05, 0) is 39.3 Å². The van der Waals surface area contributed by atoms with Crippen molar-refractivity contribution >= 4 is 16.5 Å². The zero-order valence-electron chi connectivity index (χ0n) is 11.8. The number of thiazole rings is 1. The van der Waals surface area contributed by atoms with Crippen LogP contribution in [0.4, 0.5) is 5.13 Å². The summed E-state index contributed by atoms with van der Waals surface area (Å²) < 4.78 is 0. The molecule has 19 heavy (non-hydrogen) atoms. The van der Waals surface area contributed by atoms with Crippen molar-refractivity contribution in [3.05, 3.63) is 11.1 Å². The fourth-order valence-electron chi connectivity index (χ4n) is 3.19. The smallest absolute Gasteiger partial charge is 0.182 e. The molecule has 106 valence electrons. The molecule has 0 radical (unpaired) electrons. The van der Waals surface area contributed by atoms with Crippen molar-refractivity contribution in [1.82, 2.24) is 14.8 Å². The number of hydrogen-bond acceptors (Lipinski definition) is 5. The Hall–Kier alpha value is -0.650. The van der Waals surface area contributed by atoms with Gasteiger partial charge in [0.1, 0.15) is 0 Å². The lowest BCUT2D eigenvalue weighted by Crippen LogP contribution is -2.35. The second-order valence-corrected chi connectivity index (χ2v) is 6.70. The minimum atomic E-state index is 0.809. The molecule has 0 saturated carbocycles. The molecule has 3 rings (SSSR count). The molecule has 2 saturated heterocycles. The first-order valence-electron chi connectivity index (χ1n) is 7.50. The Kier molecular flexibility index (Phi) is 4.35. The first-order valence-corrected chi connectivity index (χ1v) is 8.32. The van der Waals surface area contributed by atoms with Gasteiger partial charge in [0.25, 0.3) is 0 Å². The van der Waals surface area contributed by atoms with Gasteiger partial charge in [-0.25, -0.2) is 4.98 Å². The normalized spacial score (nSPS) is 25.2. The second kappa shape index (κ2) is 6.20. The molecule has 3 heterocycles. The molecule has 1 unspecified atom stereocenters. The molecular weight excluding hydrogens is 256 g/mol. The van der Waals surface area contributed by atoms with E-state index in [1.807, 2.05) is 6.20 Å². The Labute approximate surface area is 119 Å². The van der Waals surface area contributed by atoms with Gasteiger partial charge in [0.15, 0.2) is 5.13 Å². The molecule has 5 heteroatoms. The van der Waals surface area contributed by atoms with Gasteiger partial charge in [0.05, 0.1) is 0 Å². The Morgan fingerprint density at radius 2 is 2.21 bits per heavy atom. The van der Waals surface area contributed by atoms with E-state index in [-0.39, 0.29) is 0 Å². The molecule has 0 bridgehead atoms. The van der Waals surface area contributed by atoms with Gasteiger partial charge in [-0.2, -0.15) is 0 Å². The summed E-state index contributed by atoms with van der Waals surface area (Å²) in [4.78, 5) is 11.1. The van der Waals surface area contributed by atoms with E-state index in [0.29, 0.717) is 0 Å². The molecule has 1 aromatic heterocycles. The summed E-state index contributed by atoms with van der Waals surface area (Å²) in [6.07, 6.45) is 6.18. The highest BCUT2D eigenvalue weighted by Crippen LogP contribution is 2.24. The monoisotopic (exact) mass is 280 g/mol. The van der Waals surface area contributed by atoms with Crippen LogP contribution in [-0.4, -0.2) is 53.5 Å². The van der Waals surface area contributed by atoms with Crippen LogP contribution in [0.1, 0.15) is 31.1 Å². The fourth-order valence-corrected chi connectivity index (χ4v) is 4.12. The largest absolute Gasteiger partial charge is 0.362 e. The maximum absolute atomic E-state index is 4.41. The number of nitrogens with zero attached hydrogens (tertiary/aromatic N) is 3. The maximum atomic E-state index is 4.41. The Morgan fingerprint density at radius 3 is 3.00 bits per heavy atom. The SMILES string of the molecule is CCNc1ncc(CN2CCC(N3CCCC3)C2)s1. The van der Waals surface area contributed by atoms with E-state index in [2.05, 4.69) is 27.0 Å². The van der Waals surface area contributed by atoms with E-state index in [9.17, 15) is 0 Å². The Bertz CT molecular complexity index is 400. The lowest BCUT2D eigenvalue weighted by atomic mass is 10.2. The van der Waals surface area contributed by atoms with Gasteiger partial charge in [-0.3, -0.25) is 9.80 Å². The van der Waals surface area contributed by atoms with Crippen LogP contribution in [0.3, 0.4) is 0 Å². The first-order chi connectivity index (χ1) is 9.35. The minimum absolute atomic E-state index is 0.809. The van der Waals surface area contributed by atoms with Gasteiger partial charge >= 0.3 is 0 Å². The predicted octanol–water partition coefficient (Wildman–Crippen LogP) is 2.25. The van der Waals surface area contributed by atoms with Crippen molar-refractivity contribution in [3.63, 3.8) is 0 Å². The third kappa shape index (κ3) is 3.27. The lowest BCUT2D eigenvalue weighted by Gasteiger charge is -2.23. The summed E-state index contributed by atoms with van der Waals surface area (Å²) in [6, 6.07) is 0.809. The van der Waals surface area contributed by atoms with Crippen LogP contribution in [0, 0.1) is 0 Å². The third-order valence-corrected chi connectivity index (χ3v) is 5.11. The van der Waals surface area contributed by atoms with Crippen LogP contribution >= 0.6 is 11.3 Å². The molecule has 0 amide bonds. The third-order valence-electron chi connectivity index (χ3n) is 4.17. The number of nitrogens with one attached hydrogen (secondary N) is 1. The van der Waals surface area contributed by atoms with Gasteiger partial charge in [-0.1, -0.05) is 0 Å². The highest BCUT2D eigenvalue weighted by molar-refractivity contribution is 7.15. The predicted molar refractivity (Wildman–Crippen MR) is 80.8 cm³/mol. The fraction of sp³-hybridized carbons (Fsp3) is 0.786. The molecule has 1 N–H and O–H groups in total. The number of hydrogen-bond donors (Lipinski definition) is 1. The molecule has 0 aromatic carbocycles. The summed E-state index contributed by atoms with van der Waals surface area (Å²) in [7, 11) is 0. The summed E-state index contributed by atoms with van der Waals surface area (Å²) in [5, 5.41) is 4.35. The minimum Gasteiger partial charge on any atom is -0.362 e. The van der Waals surface area contributed by atoms with E-state index < -0.39 is 0 Å². The van der Waals surface area contributed by atoms with Crippen LogP contribution < -0.4 is 5.32 Å². The van der Waals surface area contributed by atoms with Crippen molar-refractivity contribution in [2.45, 2.75) is 38.8 Å². The standard InChI is InChI=1S/C14H24N4S/c1-2-15-14-16-9-13(19-14)11-17-8-5-12(10-17)18-6-3-4-7-18/h9,12H,2-8,10-11H2,1H3,(H,15,16). The summed E-state index contributed by atoms with van der Waals surface area (Å²) in [5.41, 5.74) is 0. The van der Waals surface area contributed by atoms with Crippen LogP contribution in [0.25, 0.3) is 0 Å². The number of anilines is 1. The highest BCUT2D eigenvalue weighted by atomic mass is 32.1. The average molecular weight is 280 g/mol. The van der Waals surface area contributed by atoms with E-state index in [0.717, 1.165) is 24.3 Å². The van der Waals surface area contributed by atoms with Gasteiger partial charge in [0, 0.05) is 43.3 Å². The van der Waals surface area contributed by atoms with E-state index in [1.54, 1.807) is 11.3 Å². The number of rotatable bonds is 5. The summed E-state index contributed by atoms with van der Waals surface area (Å²) in [6.45, 7) is 9.28. The molecule has 2 aliphatic rings. The molecule has 2 fully saturated rings. The zero-order valence-corrected chi connectivity index (χ0v) is 12.6. The van der Waals surface area contributed by atoms with Crippen LogP contribution in [0.2, 0.25) is 0 Å². The molecule has 1 atom stereocenters. The van der Waals surface area contributed by atoms with Crippen LogP contribution in [0.5, 0.6) is 0 Å². The quantitative estimate of drug-likeness (QED) is 0.896. The summed E-state index contributed by atoms with van der Waals surface area (Å²) in [5.74, 6) is 0. The van der Waals surface area contributed by atoms with E-state index in [4.69, 9.17) is 0 Å². The Balaban J connectivity index is 1.50. The lowest BCUT2D eigenvalue weighted by molar-refractivity contribution is 0.230. The molecule has 4 nitrogen and oxygen atoms in total. The molecule has 1 aromatic rings. The average Bonchev–Trinajstić information content (AvgIpc) is 3.10. The molecule has 0 aliphatic carbocycles. The van der Waals surface area contributed by atoms with Crippen molar-refractivity contribution in [1.29, 1.82) is 0 Å². The van der Waals surface area contributed by atoms with Crippen molar-refractivity contribution < 1.29 is 0 Å². The molecule has 2 aliphatic heterocycles. The zero-order chi connectivity index (χ0) is 13.1. The van der Waals surface area contributed by atoms with Gasteiger partial charge in [-0.15, -0.1) is 11.3 Å². The maximum Gasteiger partial charge on any atom is 0.182 e. The van der Waals surface area contributed by atoms with Gasteiger partial charge in [0.2, 0.25) is 0 Å². The Morgan fingerprint density at radius 1 is 1.37 bits per heavy atom. The van der Waals surface area contributed by atoms with Crippen molar-refractivity contribution in [2.75, 3.05) is 38.0 Å². The number of likely N-dealkylation sites (tertiary alicyclic amines) is 2. The number of aromatic nitrogens is 1. The topological polar surface area (TPSA) is 31.4 Å². The van der Waals surface area contributed by atoms with E-state index in [1.165, 1.54) is 50.3 Å². The summed E-state index contributed by atoms with van der Waals surface area (Å²) >= 11 is 1.80. The van der Waals surface area contributed by atoms with Gasteiger partial charge < -0.3 is 5.32 Å². The van der Waals surface area contributed by atoms with E-state index >= 15 is 0 Å². The van der Waals surface area contributed by atoms with Crippen molar-refractivity contribution in [3.8, 4) is 0 Å². The first kappa shape index (κ1) is 13.3.